The predicted molar refractivity (Wildman–Crippen MR) is 76.1 cm³/mol. The number of esters is 1. The van der Waals surface area contributed by atoms with Gasteiger partial charge in [0.05, 0.1) is 18.2 Å². The number of carbonyl (C=O) groups excluding carboxylic acids is 2. The number of aromatic nitrogens is 1. The van der Waals surface area contributed by atoms with Crippen LogP contribution < -0.4 is 4.84 Å². The van der Waals surface area contributed by atoms with Gasteiger partial charge in [-0.05, 0) is 39.0 Å². The van der Waals surface area contributed by atoms with Gasteiger partial charge in [0, 0.05) is 11.6 Å². The number of hydrogen-bond acceptors (Lipinski definition) is 5. The molecule has 21 heavy (non-hydrogen) atoms. The smallest absolute Gasteiger partial charge is 0.465 e. The summed E-state index contributed by atoms with van der Waals surface area (Å²) in [7, 11) is 1.31. The predicted octanol–water partition coefficient (Wildman–Crippen LogP) is 2.79. The Balaban J connectivity index is 2.31. The first-order chi connectivity index (χ1) is 9.81. The lowest BCUT2D eigenvalue weighted by Gasteiger charge is -2.18. The fourth-order valence-corrected chi connectivity index (χ4v) is 1.86. The van der Waals surface area contributed by atoms with E-state index >= 15 is 0 Å². The van der Waals surface area contributed by atoms with Crippen LogP contribution in [0.1, 0.15) is 31.1 Å². The van der Waals surface area contributed by atoms with E-state index in [4.69, 9.17) is 14.3 Å². The minimum absolute atomic E-state index is 0.404. The second-order valence-electron chi connectivity index (χ2n) is 5.43. The second kappa shape index (κ2) is 5.47. The van der Waals surface area contributed by atoms with Crippen LogP contribution in [0, 0.1) is 0 Å². The summed E-state index contributed by atoms with van der Waals surface area (Å²) < 4.78 is 11.1. The largest absolute Gasteiger partial charge is 0.534 e. The Morgan fingerprint density at radius 3 is 2.48 bits per heavy atom. The number of benzene rings is 1. The normalized spacial score (nSPS) is 11.2. The molecule has 1 aromatic carbocycles. The summed E-state index contributed by atoms with van der Waals surface area (Å²) in [5.74, 6) is -0.449. The number of fused-ring (bicyclic) bond motifs is 1. The van der Waals surface area contributed by atoms with Crippen LogP contribution in [0.25, 0.3) is 10.9 Å². The summed E-state index contributed by atoms with van der Waals surface area (Å²) in [5.41, 5.74) is 0.335. The van der Waals surface area contributed by atoms with Crippen molar-refractivity contribution in [2.24, 2.45) is 0 Å². The molecule has 0 aliphatic carbocycles. The highest BCUT2D eigenvalue weighted by Gasteiger charge is 2.19. The molecule has 0 N–H and O–H groups in total. The molecule has 1 aromatic heterocycles. The number of carbonyl (C=O) groups is 2. The first kappa shape index (κ1) is 14.9. The van der Waals surface area contributed by atoms with Crippen LogP contribution in [0.3, 0.4) is 0 Å². The first-order valence-corrected chi connectivity index (χ1v) is 6.41. The molecule has 0 amide bonds. The third-order valence-electron chi connectivity index (χ3n) is 2.66. The lowest BCUT2D eigenvalue weighted by Crippen LogP contribution is -2.29. The van der Waals surface area contributed by atoms with Gasteiger partial charge >= 0.3 is 12.1 Å². The van der Waals surface area contributed by atoms with E-state index in [1.54, 1.807) is 51.2 Å². The van der Waals surface area contributed by atoms with Gasteiger partial charge < -0.3 is 14.3 Å². The van der Waals surface area contributed by atoms with Gasteiger partial charge in [-0.1, -0.05) is 6.07 Å². The standard InChI is InChI=1S/C15H17NO5/c1-15(2,3)20-14(18)21-16-9-8-10-11(13(17)19-4)6-5-7-12(10)16/h5-9H,1-4H3. The molecule has 2 aromatic rings. The van der Waals surface area contributed by atoms with Crippen LogP contribution in [0.2, 0.25) is 0 Å². The van der Waals surface area contributed by atoms with Gasteiger partial charge in [0.1, 0.15) is 5.60 Å². The Labute approximate surface area is 122 Å². The van der Waals surface area contributed by atoms with Crippen molar-refractivity contribution in [3.8, 4) is 0 Å². The molecule has 2 rings (SSSR count). The summed E-state index contributed by atoms with van der Waals surface area (Å²) in [6, 6.07) is 6.73. The highest BCUT2D eigenvalue weighted by Crippen LogP contribution is 2.20. The Hall–Kier alpha value is -2.50. The molecule has 0 aliphatic rings. The third kappa shape index (κ3) is 3.34. The molecule has 0 spiro atoms. The quantitative estimate of drug-likeness (QED) is 0.796. The molecule has 6 heteroatoms. The van der Waals surface area contributed by atoms with Crippen LogP contribution in [-0.4, -0.2) is 29.6 Å². The van der Waals surface area contributed by atoms with E-state index in [0.29, 0.717) is 16.5 Å². The van der Waals surface area contributed by atoms with E-state index in [1.165, 1.54) is 11.8 Å². The molecule has 0 aliphatic heterocycles. The average Bonchev–Trinajstić information content (AvgIpc) is 2.79. The van der Waals surface area contributed by atoms with Gasteiger partial charge in [0.15, 0.2) is 0 Å². The van der Waals surface area contributed by atoms with E-state index < -0.39 is 17.7 Å². The van der Waals surface area contributed by atoms with Gasteiger partial charge in [-0.2, -0.15) is 4.73 Å². The van der Waals surface area contributed by atoms with Crippen LogP contribution >= 0.6 is 0 Å². The summed E-state index contributed by atoms with van der Waals surface area (Å²) in [4.78, 5) is 28.5. The molecule has 112 valence electrons. The Kier molecular flexibility index (Phi) is 3.88. The van der Waals surface area contributed by atoms with Gasteiger partial charge in [-0.3, -0.25) is 0 Å². The van der Waals surface area contributed by atoms with Gasteiger partial charge in [0.25, 0.3) is 0 Å². The molecule has 0 saturated carbocycles. The lowest BCUT2D eigenvalue weighted by molar-refractivity contribution is -0.00873. The van der Waals surface area contributed by atoms with E-state index in [9.17, 15) is 9.59 Å². The van der Waals surface area contributed by atoms with Gasteiger partial charge in [-0.25, -0.2) is 9.59 Å². The Morgan fingerprint density at radius 1 is 1.14 bits per heavy atom. The van der Waals surface area contributed by atoms with Crippen molar-refractivity contribution in [1.82, 2.24) is 4.73 Å². The molecule has 0 atom stereocenters. The van der Waals surface area contributed by atoms with Gasteiger partial charge in [-0.15, -0.1) is 0 Å². The summed E-state index contributed by atoms with van der Waals surface area (Å²) in [6.07, 6.45) is 0.726. The minimum atomic E-state index is -0.816. The number of ether oxygens (including phenoxy) is 2. The molecule has 0 radical (unpaired) electrons. The molecule has 0 unspecified atom stereocenters. The maximum atomic E-state index is 11.7. The maximum Gasteiger partial charge on any atom is 0.534 e. The summed E-state index contributed by atoms with van der Waals surface area (Å²) in [6.45, 7) is 5.24. The van der Waals surface area contributed by atoms with Gasteiger partial charge in [0.2, 0.25) is 0 Å². The van der Waals surface area contributed by atoms with E-state index in [2.05, 4.69) is 0 Å². The number of rotatable bonds is 2. The summed E-state index contributed by atoms with van der Waals surface area (Å²) in [5, 5.41) is 0.632. The fraction of sp³-hybridized carbons (Fsp3) is 0.333. The third-order valence-corrected chi connectivity index (χ3v) is 2.66. The summed E-state index contributed by atoms with van der Waals surface area (Å²) >= 11 is 0. The van der Waals surface area contributed by atoms with Crippen molar-refractivity contribution in [1.29, 1.82) is 0 Å². The zero-order chi connectivity index (χ0) is 15.6. The van der Waals surface area contributed by atoms with Crippen LogP contribution in [0.15, 0.2) is 30.5 Å². The number of methoxy groups -OCH3 is 1. The molecular formula is C15H17NO5. The highest BCUT2D eigenvalue weighted by atomic mass is 16.8. The monoisotopic (exact) mass is 291 g/mol. The fourth-order valence-electron chi connectivity index (χ4n) is 1.86. The van der Waals surface area contributed by atoms with Crippen molar-refractivity contribution in [3.63, 3.8) is 0 Å². The topological polar surface area (TPSA) is 66.8 Å². The Morgan fingerprint density at radius 2 is 1.86 bits per heavy atom. The lowest BCUT2D eigenvalue weighted by atomic mass is 10.1. The molecule has 6 nitrogen and oxygen atoms in total. The molecule has 0 fully saturated rings. The van der Waals surface area contributed by atoms with E-state index in [1.807, 2.05) is 0 Å². The minimum Gasteiger partial charge on any atom is -0.465 e. The van der Waals surface area contributed by atoms with Crippen molar-refractivity contribution in [2.75, 3.05) is 7.11 Å². The molecular weight excluding hydrogens is 274 g/mol. The van der Waals surface area contributed by atoms with E-state index in [-0.39, 0.29) is 0 Å². The molecule has 1 heterocycles. The van der Waals surface area contributed by atoms with Crippen molar-refractivity contribution in [2.45, 2.75) is 26.4 Å². The van der Waals surface area contributed by atoms with Crippen molar-refractivity contribution < 1.29 is 23.9 Å². The van der Waals surface area contributed by atoms with Crippen molar-refractivity contribution in [3.05, 3.63) is 36.0 Å². The second-order valence-corrected chi connectivity index (χ2v) is 5.43. The maximum absolute atomic E-state index is 11.7. The average molecular weight is 291 g/mol. The first-order valence-electron chi connectivity index (χ1n) is 6.41. The highest BCUT2D eigenvalue weighted by molar-refractivity contribution is 6.03. The zero-order valence-corrected chi connectivity index (χ0v) is 12.4. The van der Waals surface area contributed by atoms with E-state index in [0.717, 1.165) is 0 Å². The van der Waals surface area contributed by atoms with Crippen LogP contribution in [0.5, 0.6) is 0 Å². The zero-order valence-electron chi connectivity index (χ0n) is 12.4. The number of hydrogen-bond donors (Lipinski definition) is 0. The van der Waals surface area contributed by atoms with Crippen LogP contribution in [-0.2, 0) is 9.47 Å². The molecule has 0 bridgehead atoms. The van der Waals surface area contributed by atoms with Crippen molar-refractivity contribution >= 4 is 23.0 Å². The number of nitrogens with zero attached hydrogens (tertiary/aromatic N) is 1. The molecule has 0 saturated heterocycles. The van der Waals surface area contributed by atoms with Crippen LogP contribution in [0.4, 0.5) is 4.79 Å². The SMILES string of the molecule is COC(=O)c1cccc2c1ccn2OC(=O)OC(C)(C)C. The Bertz CT molecular complexity index is 681.